The van der Waals surface area contributed by atoms with Crippen molar-refractivity contribution in [3.8, 4) is 11.5 Å². The first-order valence-electron chi connectivity index (χ1n) is 13.4. The maximum atomic E-state index is 11.1. The van der Waals surface area contributed by atoms with E-state index >= 15 is 0 Å². The van der Waals surface area contributed by atoms with Crippen molar-refractivity contribution >= 4 is 46.1 Å². The molecule has 0 unspecified atom stereocenters. The van der Waals surface area contributed by atoms with Gasteiger partial charge in [-0.2, -0.15) is 30.7 Å². The zero-order valence-electron chi connectivity index (χ0n) is 24.3. The van der Waals surface area contributed by atoms with E-state index in [0.29, 0.717) is 45.6 Å². The highest BCUT2D eigenvalue weighted by atomic mass is 16.7. The van der Waals surface area contributed by atoms with Gasteiger partial charge in [0.1, 0.15) is 11.5 Å². The molecule has 0 radical (unpaired) electrons. The van der Waals surface area contributed by atoms with Gasteiger partial charge in [-0.15, -0.1) is 0 Å². The average Bonchev–Trinajstić information content (AvgIpc) is 3.07. The summed E-state index contributed by atoms with van der Waals surface area (Å²) in [5.41, 5.74) is 4.79. The number of rotatable bonds is 14. The number of azo groups is 3. The van der Waals surface area contributed by atoms with Crippen molar-refractivity contribution in [3.05, 3.63) is 122 Å². The van der Waals surface area contributed by atoms with Crippen molar-refractivity contribution in [2.45, 2.75) is 6.92 Å². The van der Waals surface area contributed by atoms with Gasteiger partial charge in [-0.3, -0.25) is 0 Å². The van der Waals surface area contributed by atoms with Crippen LogP contribution in [0.2, 0.25) is 0 Å². The minimum absolute atomic E-state index is 0.208. The third-order valence-corrected chi connectivity index (χ3v) is 5.73. The minimum Gasteiger partial charge on any atom is -0.457 e. The summed E-state index contributed by atoms with van der Waals surface area (Å²) in [6.07, 6.45) is 2.13. The van der Waals surface area contributed by atoms with Gasteiger partial charge in [0, 0.05) is 12.2 Å². The predicted molar refractivity (Wildman–Crippen MR) is 167 cm³/mol. The number of hydrogen-bond acceptors (Lipinski definition) is 12. The lowest BCUT2D eigenvalue weighted by Crippen LogP contribution is -2.07. The van der Waals surface area contributed by atoms with Gasteiger partial charge >= 0.3 is 11.9 Å². The first-order chi connectivity index (χ1) is 21.9. The fourth-order valence-electron chi connectivity index (χ4n) is 3.39. The molecule has 0 saturated heterocycles. The van der Waals surface area contributed by atoms with E-state index in [-0.39, 0.29) is 13.6 Å². The van der Waals surface area contributed by atoms with Crippen LogP contribution in [0.4, 0.5) is 34.1 Å². The average molecular weight is 605 g/mol. The molecule has 0 fully saturated rings. The lowest BCUT2D eigenvalue weighted by molar-refractivity contribution is -0.145. The molecule has 0 heterocycles. The summed E-state index contributed by atoms with van der Waals surface area (Å²) < 4.78 is 20.2. The second kappa shape index (κ2) is 16.4. The lowest BCUT2D eigenvalue weighted by atomic mass is 10.2. The number of aryl methyl sites for hydroxylation is 1. The maximum absolute atomic E-state index is 11.1. The van der Waals surface area contributed by atoms with Crippen LogP contribution in [0.5, 0.6) is 11.5 Å². The van der Waals surface area contributed by atoms with Crippen LogP contribution >= 0.6 is 0 Å². The Hall–Kier alpha value is -6.30. The number of carbonyl (C=O) groups excluding carboxylic acids is 2. The van der Waals surface area contributed by atoms with E-state index in [1.807, 2.05) is 19.1 Å². The van der Waals surface area contributed by atoms with Crippen LogP contribution in [0.15, 0.2) is 147 Å². The van der Waals surface area contributed by atoms with Gasteiger partial charge in [-0.25, -0.2) is 9.59 Å². The molecule has 45 heavy (non-hydrogen) atoms. The van der Waals surface area contributed by atoms with E-state index in [1.165, 1.54) is 0 Å². The van der Waals surface area contributed by atoms with E-state index in [4.69, 9.17) is 18.9 Å². The smallest absolute Gasteiger partial charge is 0.333 e. The zero-order chi connectivity index (χ0) is 31.9. The minimum atomic E-state index is -0.558. The van der Waals surface area contributed by atoms with Crippen molar-refractivity contribution in [1.82, 2.24) is 0 Å². The molecular weight excluding hydrogens is 576 g/mol. The summed E-state index contributed by atoms with van der Waals surface area (Å²) in [7, 11) is 0. The number of carbonyl (C=O) groups is 2. The van der Waals surface area contributed by atoms with Crippen molar-refractivity contribution in [1.29, 1.82) is 0 Å². The molecule has 0 amide bonds. The first kappa shape index (κ1) is 31.6. The van der Waals surface area contributed by atoms with Crippen LogP contribution in [0.1, 0.15) is 5.56 Å². The van der Waals surface area contributed by atoms with Gasteiger partial charge in [0.05, 0.1) is 34.1 Å². The van der Waals surface area contributed by atoms with E-state index in [2.05, 4.69) is 43.8 Å². The number of esters is 2. The number of hydrogen-bond donors (Lipinski definition) is 0. The molecule has 4 aromatic rings. The van der Waals surface area contributed by atoms with Gasteiger partial charge in [0.15, 0.2) is 0 Å². The number of nitrogens with zero attached hydrogens (tertiary/aromatic N) is 6. The Bertz CT molecular complexity index is 1720. The first-order valence-corrected chi connectivity index (χ1v) is 13.4. The molecule has 0 aliphatic carbocycles. The normalized spacial score (nSPS) is 11.0. The third kappa shape index (κ3) is 10.5. The van der Waals surface area contributed by atoms with E-state index < -0.39 is 11.9 Å². The Morgan fingerprint density at radius 3 is 1.31 bits per heavy atom. The highest BCUT2D eigenvalue weighted by Crippen LogP contribution is 2.29. The summed E-state index contributed by atoms with van der Waals surface area (Å²) in [5, 5.41) is 25.7. The zero-order valence-corrected chi connectivity index (χ0v) is 24.3. The van der Waals surface area contributed by atoms with Crippen molar-refractivity contribution in [2.24, 2.45) is 30.7 Å². The molecular formula is C33H28N6O6. The van der Waals surface area contributed by atoms with E-state index in [1.54, 1.807) is 78.9 Å². The molecule has 0 spiro atoms. The van der Waals surface area contributed by atoms with Crippen LogP contribution < -0.4 is 9.47 Å². The van der Waals surface area contributed by atoms with Gasteiger partial charge in [-0.05, 0) is 103 Å². The lowest BCUT2D eigenvalue weighted by Gasteiger charge is -2.05. The summed E-state index contributed by atoms with van der Waals surface area (Å²) in [4.78, 5) is 22.1. The van der Waals surface area contributed by atoms with E-state index in [9.17, 15) is 9.59 Å². The SMILES string of the molecule is C=CC(=O)OCOc1ccc(N=Nc2ccc(N=Nc3ccc(N=Nc4ccc(OCOC(=O)C=C)cc4)c(C)c3)cc2)cc1. The summed E-state index contributed by atoms with van der Waals surface area (Å²) in [6, 6.07) is 26.4. The Kier molecular flexibility index (Phi) is 11.5. The van der Waals surface area contributed by atoms with Gasteiger partial charge in [-0.1, -0.05) is 13.2 Å². The Labute approximate surface area is 259 Å². The molecule has 12 nitrogen and oxygen atoms in total. The quantitative estimate of drug-likeness (QED) is 0.0606. The van der Waals surface area contributed by atoms with E-state index in [0.717, 1.165) is 17.7 Å². The molecule has 4 aromatic carbocycles. The highest BCUT2D eigenvalue weighted by molar-refractivity contribution is 5.81. The fraction of sp³-hybridized carbons (Fsp3) is 0.0909. The Morgan fingerprint density at radius 2 is 0.911 bits per heavy atom. The third-order valence-electron chi connectivity index (χ3n) is 5.73. The van der Waals surface area contributed by atoms with Crippen molar-refractivity contribution in [3.63, 3.8) is 0 Å². The summed E-state index contributed by atoms with van der Waals surface area (Å²) in [6.45, 7) is 8.14. The molecule has 226 valence electrons. The van der Waals surface area contributed by atoms with Crippen LogP contribution in [0, 0.1) is 6.92 Å². The molecule has 0 atom stereocenters. The molecule has 4 rings (SSSR count). The molecule has 0 aliphatic heterocycles. The summed E-state index contributed by atoms with van der Waals surface area (Å²) >= 11 is 0. The Balaban J connectivity index is 1.27. The summed E-state index contributed by atoms with van der Waals surface area (Å²) in [5.74, 6) is -0.0663. The van der Waals surface area contributed by atoms with Crippen molar-refractivity contribution in [2.75, 3.05) is 13.6 Å². The molecule has 0 bridgehead atoms. The number of ether oxygens (including phenoxy) is 4. The standard InChI is InChI=1S/C33H28N6O6/c1-4-32(40)44-21-42-29-15-10-26(11-16-29)35-34-24-6-8-25(9-7-24)36-38-28-14-19-31(23(3)20-28)39-37-27-12-17-30(18-13-27)43-22-45-33(41)5-2/h4-20H,1-2,21-22H2,3H3. The second-order valence-corrected chi connectivity index (χ2v) is 8.93. The topological polar surface area (TPSA) is 145 Å². The maximum Gasteiger partial charge on any atom is 0.333 e. The van der Waals surface area contributed by atoms with Gasteiger partial charge in [0.25, 0.3) is 0 Å². The van der Waals surface area contributed by atoms with Crippen LogP contribution in [0.25, 0.3) is 0 Å². The van der Waals surface area contributed by atoms with Crippen LogP contribution in [-0.2, 0) is 19.1 Å². The number of benzene rings is 4. The molecule has 0 aromatic heterocycles. The van der Waals surface area contributed by atoms with Crippen LogP contribution in [0.3, 0.4) is 0 Å². The Morgan fingerprint density at radius 1 is 0.556 bits per heavy atom. The monoisotopic (exact) mass is 604 g/mol. The molecule has 0 N–H and O–H groups in total. The van der Waals surface area contributed by atoms with Gasteiger partial charge < -0.3 is 18.9 Å². The predicted octanol–water partition coefficient (Wildman–Crippen LogP) is 9.37. The van der Waals surface area contributed by atoms with Crippen LogP contribution in [-0.4, -0.2) is 25.5 Å². The molecule has 12 heteroatoms. The largest absolute Gasteiger partial charge is 0.457 e. The molecule has 0 saturated carbocycles. The van der Waals surface area contributed by atoms with Crippen molar-refractivity contribution < 1.29 is 28.5 Å². The molecule has 0 aliphatic rings. The second-order valence-electron chi connectivity index (χ2n) is 8.93. The fourth-order valence-corrected chi connectivity index (χ4v) is 3.39. The highest BCUT2D eigenvalue weighted by Gasteiger charge is 2.02. The van der Waals surface area contributed by atoms with Gasteiger partial charge in [0.2, 0.25) is 13.6 Å².